The normalized spacial score (nSPS) is 16.2. The molecule has 1 amide bonds. The first-order valence-corrected chi connectivity index (χ1v) is 9.85. The fourth-order valence-electron chi connectivity index (χ4n) is 3.59. The molecule has 1 atom stereocenters. The number of rotatable bonds is 6. The Kier molecular flexibility index (Phi) is 6.87. The van der Waals surface area contributed by atoms with Crippen LogP contribution in [0, 0.1) is 0 Å². The summed E-state index contributed by atoms with van der Waals surface area (Å²) in [7, 11) is 1.59. The third-order valence-corrected chi connectivity index (χ3v) is 5.43. The van der Waals surface area contributed by atoms with Gasteiger partial charge in [-0.3, -0.25) is 9.69 Å². The summed E-state index contributed by atoms with van der Waals surface area (Å²) in [5.74, 6) is 0.633. The van der Waals surface area contributed by atoms with E-state index >= 15 is 0 Å². The number of anilines is 1. The summed E-state index contributed by atoms with van der Waals surface area (Å²) in [6.45, 7) is 4.53. The molecular formula is C22H26F3N3O2. The van der Waals surface area contributed by atoms with Crippen LogP contribution in [0.3, 0.4) is 0 Å². The maximum Gasteiger partial charge on any atom is 0.416 e. The third-order valence-electron chi connectivity index (χ3n) is 5.43. The van der Waals surface area contributed by atoms with Crippen molar-refractivity contribution in [3.63, 3.8) is 0 Å². The van der Waals surface area contributed by atoms with Crippen LogP contribution in [0.5, 0.6) is 5.75 Å². The summed E-state index contributed by atoms with van der Waals surface area (Å²) >= 11 is 0. The molecule has 162 valence electrons. The number of hydrogen-bond acceptors (Lipinski definition) is 4. The van der Waals surface area contributed by atoms with Crippen molar-refractivity contribution in [3.05, 3.63) is 59.7 Å². The zero-order chi connectivity index (χ0) is 21.7. The van der Waals surface area contributed by atoms with E-state index in [0.29, 0.717) is 38.4 Å². The molecule has 5 nitrogen and oxygen atoms in total. The predicted molar refractivity (Wildman–Crippen MR) is 110 cm³/mol. The van der Waals surface area contributed by atoms with Gasteiger partial charge in [0.05, 0.1) is 18.7 Å². The molecule has 0 saturated carbocycles. The molecule has 0 radical (unpaired) electrons. The maximum atomic E-state index is 13.0. The fraction of sp³-hybridized carbons (Fsp3) is 0.409. The van der Waals surface area contributed by atoms with Crippen LogP contribution in [-0.2, 0) is 17.5 Å². The van der Waals surface area contributed by atoms with E-state index in [0.717, 1.165) is 17.4 Å². The van der Waals surface area contributed by atoms with Crippen LogP contribution < -0.4 is 15.0 Å². The van der Waals surface area contributed by atoms with E-state index in [1.165, 1.54) is 12.1 Å². The number of hydrogen-bond donors (Lipinski definition) is 1. The van der Waals surface area contributed by atoms with E-state index in [2.05, 4.69) is 5.32 Å². The van der Waals surface area contributed by atoms with E-state index in [1.54, 1.807) is 13.2 Å². The number of nitrogens with zero attached hydrogens (tertiary/aromatic N) is 2. The van der Waals surface area contributed by atoms with E-state index < -0.39 is 11.7 Å². The minimum Gasteiger partial charge on any atom is -0.496 e. The predicted octanol–water partition coefficient (Wildman–Crippen LogP) is 3.54. The molecule has 0 bridgehead atoms. The zero-order valence-electron chi connectivity index (χ0n) is 17.1. The molecule has 2 aromatic rings. The second-order valence-corrected chi connectivity index (χ2v) is 7.28. The number of amides is 1. The number of halogens is 3. The summed E-state index contributed by atoms with van der Waals surface area (Å²) in [6.07, 6.45) is -4.36. The van der Waals surface area contributed by atoms with Crippen molar-refractivity contribution < 1.29 is 22.7 Å². The minimum absolute atomic E-state index is 0.0894. The molecule has 0 spiro atoms. The average molecular weight is 421 g/mol. The molecule has 1 aliphatic rings. The number of para-hydroxylation sites is 1. The topological polar surface area (TPSA) is 44.8 Å². The number of ether oxygens (including phenoxy) is 1. The number of piperazine rings is 1. The summed E-state index contributed by atoms with van der Waals surface area (Å²) in [4.78, 5) is 16.6. The Morgan fingerprint density at radius 2 is 1.80 bits per heavy atom. The van der Waals surface area contributed by atoms with Crippen molar-refractivity contribution in [2.75, 3.05) is 38.2 Å². The monoisotopic (exact) mass is 421 g/mol. The quantitative estimate of drug-likeness (QED) is 0.775. The Hall–Kier alpha value is -2.74. The number of carbonyl (C=O) groups excluding carboxylic acids is 1. The molecule has 1 N–H and O–H groups in total. The van der Waals surface area contributed by atoms with Crippen molar-refractivity contribution in [2.24, 2.45) is 0 Å². The molecule has 2 aromatic carbocycles. The first-order chi connectivity index (χ1) is 14.3. The van der Waals surface area contributed by atoms with Crippen molar-refractivity contribution in [1.82, 2.24) is 10.2 Å². The average Bonchev–Trinajstić information content (AvgIpc) is 2.76. The van der Waals surface area contributed by atoms with E-state index in [4.69, 9.17) is 4.74 Å². The largest absolute Gasteiger partial charge is 0.496 e. The van der Waals surface area contributed by atoms with Gasteiger partial charge in [0.15, 0.2) is 0 Å². The van der Waals surface area contributed by atoms with Gasteiger partial charge in [-0.1, -0.05) is 24.3 Å². The molecule has 30 heavy (non-hydrogen) atoms. The van der Waals surface area contributed by atoms with Gasteiger partial charge in [0.2, 0.25) is 5.91 Å². The number of methoxy groups -OCH3 is 1. The van der Waals surface area contributed by atoms with Crippen molar-refractivity contribution >= 4 is 11.6 Å². The van der Waals surface area contributed by atoms with Gasteiger partial charge < -0.3 is 15.0 Å². The Bertz CT molecular complexity index is 865. The lowest BCUT2D eigenvalue weighted by Crippen LogP contribution is -2.53. The highest BCUT2D eigenvalue weighted by molar-refractivity contribution is 5.81. The van der Waals surface area contributed by atoms with Gasteiger partial charge in [0.1, 0.15) is 5.75 Å². The van der Waals surface area contributed by atoms with Crippen molar-refractivity contribution in [2.45, 2.75) is 25.7 Å². The SMILES string of the molecule is COc1ccccc1CNC(=O)[C@H](C)N1CCN(c2cccc(C(F)(F)F)c2)CC1. The smallest absolute Gasteiger partial charge is 0.416 e. The Balaban J connectivity index is 1.53. The highest BCUT2D eigenvalue weighted by Gasteiger charge is 2.31. The van der Waals surface area contributed by atoms with Crippen LogP contribution in [0.25, 0.3) is 0 Å². The Morgan fingerprint density at radius 1 is 1.10 bits per heavy atom. The lowest BCUT2D eigenvalue weighted by molar-refractivity contribution is -0.137. The van der Waals surface area contributed by atoms with Gasteiger partial charge in [-0.2, -0.15) is 13.2 Å². The summed E-state index contributed by atoms with van der Waals surface area (Å²) < 4.78 is 44.2. The molecule has 0 unspecified atom stereocenters. The van der Waals surface area contributed by atoms with E-state index in [9.17, 15) is 18.0 Å². The van der Waals surface area contributed by atoms with Crippen LogP contribution in [0.15, 0.2) is 48.5 Å². The summed E-state index contributed by atoms with van der Waals surface area (Å²) in [5, 5.41) is 2.94. The Morgan fingerprint density at radius 3 is 2.47 bits per heavy atom. The molecule has 0 aromatic heterocycles. The second-order valence-electron chi connectivity index (χ2n) is 7.28. The second kappa shape index (κ2) is 9.38. The molecular weight excluding hydrogens is 395 g/mol. The number of benzene rings is 2. The molecule has 3 rings (SSSR count). The van der Waals surface area contributed by atoms with Crippen molar-refractivity contribution in [3.8, 4) is 5.75 Å². The Labute approximate surface area is 174 Å². The molecule has 1 heterocycles. The fourth-order valence-corrected chi connectivity index (χ4v) is 3.59. The first kappa shape index (κ1) is 22.0. The van der Waals surface area contributed by atoms with Gasteiger partial charge in [-0.05, 0) is 31.2 Å². The molecule has 0 aliphatic carbocycles. The molecule has 1 saturated heterocycles. The summed E-state index contributed by atoms with van der Waals surface area (Å²) in [5.41, 5.74) is 0.805. The van der Waals surface area contributed by atoms with E-state index in [-0.39, 0.29) is 11.9 Å². The van der Waals surface area contributed by atoms with Gasteiger partial charge in [0, 0.05) is 44.0 Å². The van der Waals surface area contributed by atoms with Gasteiger partial charge in [-0.25, -0.2) is 0 Å². The summed E-state index contributed by atoms with van der Waals surface area (Å²) in [6, 6.07) is 12.6. The van der Waals surface area contributed by atoms with Gasteiger partial charge in [-0.15, -0.1) is 0 Å². The van der Waals surface area contributed by atoms with Crippen LogP contribution in [-0.4, -0.2) is 50.1 Å². The molecule has 1 fully saturated rings. The van der Waals surface area contributed by atoms with Crippen LogP contribution in [0.1, 0.15) is 18.1 Å². The zero-order valence-corrected chi connectivity index (χ0v) is 17.1. The number of nitrogens with one attached hydrogen (secondary N) is 1. The molecule has 8 heteroatoms. The van der Waals surface area contributed by atoms with Gasteiger partial charge >= 0.3 is 6.18 Å². The van der Waals surface area contributed by atoms with Crippen LogP contribution >= 0.6 is 0 Å². The number of alkyl halides is 3. The molecule has 1 aliphatic heterocycles. The minimum atomic E-state index is -4.36. The highest BCUT2D eigenvalue weighted by atomic mass is 19.4. The number of carbonyl (C=O) groups is 1. The maximum absolute atomic E-state index is 13.0. The van der Waals surface area contributed by atoms with Crippen molar-refractivity contribution in [1.29, 1.82) is 0 Å². The van der Waals surface area contributed by atoms with Crippen LogP contribution in [0.4, 0.5) is 18.9 Å². The third kappa shape index (κ3) is 5.24. The van der Waals surface area contributed by atoms with Gasteiger partial charge in [0.25, 0.3) is 0 Å². The standard InChI is InChI=1S/C22H26F3N3O2/c1-16(21(29)26-15-17-6-3-4-9-20(17)30-2)27-10-12-28(13-11-27)19-8-5-7-18(14-19)22(23,24)25/h3-9,14,16H,10-13,15H2,1-2H3,(H,26,29)/t16-/m0/s1. The highest BCUT2D eigenvalue weighted by Crippen LogP contribution is 2.32. The van der Waals surface area contributed by atoms with Crippen LogP contribution in [0.2, 0.25) is 0 Å². The van der Waals surface area contributed by atoms with E-state index in [1.807, 2.05) is 41.0 Å². The lowest BCUT2D eigenvalue weighted by Gasteiger charge is -2.38. The first-order valence-electron chi connectivity index (χ1n) is 9.85. The lowest BCUT2D eigenvalue weighted by atomic mass is 10.1.